The van der Waals surface area contributed by atoms with Gasteiger partial charge in [0, 0.05) is 9.65 Å². The Labute approximate surface area is 191 Å². The second-order valence-electron chi connectivity index (χ2n) is 10.4. The predicted octanol–water partition coefficient (Wildman–Crippen LogP) is 7.93. The molecule has 0 N–H and O–H groups in total. The highest BCUT2D eigenvalue weighted by atomic mass is 32.1. The lowest BCUT2D eigenvalue weighted by Gasteiger charge is -2.32. The van der Waals surface area contributed by atoms with E-state index in [2.05, 4.69) is 53.7 Å². The van der Waals surface area contributed by atoms with Crippen LogP contribution in [0.5, 0.6) is 0 Å². The third kappa shape index (κ3) is 7.99. The first-order chi connectivity index (χ1) is 14.3. The summed E-state index contributed by atoms with van der Waals surface area (Å²) in [7, 11) is -0.213. The van der Waals surface area contributed by atoms with E-state index in [0.29, 0.717) is 0 Å². The van der Waals surface area contributed by atoms with Crippen molar-refractivity contribution in [2.75, 3.05) is 0 Å². The SMILES string of the molecule is CCCCCCCCC(CCCCCC)Cc1ccc(B2OC(C)(C)C(C)(C)O2)s1. The van der Waals surface area contributed by atoms with Crippen molar-refractivity contribution >= 4 is 23.2 Å². The van der Waals surface area contributed by atoms with E-state index in [1.807, 2.05) is 11.3 Å². The molecule has 1 aliphatic heterocycles. The van der Waals surface area contributed by atoms with Crippen LogP contribution in [0.25, 0.3) is 0 Å². The zero-order valence-electron chi connectivity index (χ0n) is 20.7. The summed E-state index contributed by atoms with van der Waals surface area (Å²) in [5.74, 6) is 0.831. The molecule has 1 atom stereocenters. The van der Waals surface area contributed by atoms with Crippen LogP contribution in [0.4, 0.5) is 0 Å². The lowest BCUT2D eigenvalue weighted by atomic mass is 9.88. The fourth-order valence-electron chi connectivity index (χ4n) is 4.30. The van der Waals surface area contributed by atoms with Crippen LogP contribution in [-0.2, 0) is 15.7 Å². The van der Waals surface area contributed by atoms with Gasteiger partial charge in [-0.3, -0.25) is 0 Å². The van der Waals surface area contributed by atoms with Crippen molar-refractivity contribution in [3.63, 3.8) is 0 Å². The molecule has 0 saturated carbocycles. The van der Waals surface area contributed by atoms with Crippen LogP contribution in [0.3, 0.4) is 0 Å². The summed E-state index contributed by atoms with van der Waals surface area (Å²) in [6, 6.07) is 4.56. The number of hydrogen-bond donors (Lipinski definition) is 0. The Morgan fingerprint density at radius 3 is 1.83 bits per heavy atom. The Hall–Kier alpha value is -0.315. The fraction of sp³-hybridized carbons (Fsp3) is 0.846. The average molecular weight is 435 g/mol. The molecule has 1 unspecified atom stereocenters. The first kappa shape index (κ1) is 25.9. The second-order valence-corrected chi connectivity index (χ2v) is 11.6. The van der Waals surface area contributed by atoms with E-state index in [4.69, 9.17) is 9.31 Å². The lowest BCUT2D eigenvalue weighted by molar-refractivity contribution is 0.00578. The van der Waals surface area contributed by atoms with Gasteiger partial charge in [0.15, 0.2) is 0 Å². The maximum Gasteiger partial charge on any atom is 0.505 e. The monoisotopic (exact) mass is 434 g/mol. The molecule has 1 aromatic rings. The topological polar surface area (TPSA) is 18.5 Å². The van der Waals surface area contributed by atoms with Gasteiger partial charge < -0.3 is 9.31 Å². The highest BCUT2D eigenvalue weighted by molar-refractivity contribution is 7.22. The molecule has 2 nitrogen and oxygen atoms in total. The summed E-state index contributed by atoms with van der Waals surface area (Å²) in [6.45, 7) is 13.1. The first-order valence-corrected chi connectivity index (χ1v) is 13.5. The predicted molar refractivity (Wildman–Crippen MR) is 134 cm³/mol. The van der Waals surface area contributed by atoms with Gasteiger partial charge in [-0.25, -0.2) is 0 Å². The van der Waals surface area contributed by atoms with Crippen molar-refractivity contribution in [1.82, 2.24) is 0 Å². The molecule has 172 valence electrons. The highest BCUT2D eigenvalue weighted by Crippen LogP contribution is 2.37. The van der Waals surface area contributed by atoms with Gasteiger partial charge in [-0.1, -0.05) is 97.0 Å². The van der Waals surface area contributed by atoms with Crippen LogP contribution in [0.2, 0.25) is 0 Å². The van der Waals surface area contributed by atoms with E-state index in [0.717, 1.165) is 5.92 Å². The van der Waals surface area contributed by atoms with Crippen molar-refractivity contribution in [3.8, 4) is 0 Å². The van der Waals surface area contributed by atoms with Gasteiger partial charge in [0.2, 0.25) is 0 Å². The molecule has 4 heteroatoms. The fourth-order valence-corrected chi connectivity index (χ4v) is 5.38. The summed E-state index contributed by atoms with van der Waals surface area (Å²) in [5, 5.41) is 0. The minimum atomic E-state index is -0.262. The molecule has 0 aromatic carbocycles. The molecular formula is C26H47BO2S. The van der Waals surface area contributed by atoms with Gasteiger partial charge in [-0.15, -0.1) is 11.3 Å². The molecule has 30 heavy (non-hydrogen) atoms. The molecule has 2 heterocycles. The Balaban J connectivity index is 1.88. The molecule has 2 rings (SSSR count). The van der Waals surface area contributed by atoms with E-state index >= 15 is 0 Å². The van der Waals surface area contributed by atoms with E-state index < -0.39 is 0 Å². The zero-order chi connectivity index (χ0) is 22.0. The molecule has 1 saturated heterocycles. The van der Waals surface area contributed by atoms with E-state index in [-0.39, 0.29) is 18.3 Å². The first-order valence-electron chi connectivity index (χ1n) is 12.7. The van der Waals surface area contributed by atoms with Gasteiger partial charge in [0.1, 0.15) is 0 Å². The van der Waals surface area contributed by atoms with Gasteiger partial charge >= 0.3 is 7.12 Å². The molecular weight excluding hydrogens is 387 g/mol. The van der Waals surface area contributed by atoms with Crippen LogP contribution in [-0.4, -0.2) is 18.3 Å². The quantitative estimate of drug-likeness (QED) is 0.206. The van der Waals surface area contributed by atoms with E-state index in [9.17, 15) is 0 Å². The van der Waals surface area contributed by atoms with Crippen LogP contribution >= 0.6 is 11.3 Å². The number of hydrogen-bond acceptors (Lipinski definition) is 3. The van der Waals surface area contributed by atoms with Crippen LogP contribution in [0, 0.1) is 5.92 Å². The Kier molecular flexibility index (Phi) is 10.9. The van der Waals surface area contributed by atoms with Crippen molar-refractivity contribution in [1.29, 1.82) is 0 Å². The van der Waals surface area contributed by atoms with Crippen molar-refractivity contribution in [3.05, 3.63) is 17.0 Å². The Morgan fingerprint density at radius 1 is 0.767 bits per heavy atom. The summed E-state index contributed by atoms with van der Waals surface area (Å²) < 4.78 is 13.7. The largest absolute Gasteiger partial charge is 0.505 e. The molecule has 0 bridgehead atoms. The zero-order valence-corrected chi connectivity index (χ0v) is 21.5. The molecule has 0 amide bonds. The van der Waals surface area contributed by atoms with Gasteiger partial charge in [0.05, 0.1) is 11.2 Å². The second kappa shape index (κ2) is 12.7. The summed E-state index contributed by atoms with van der Waals surface area (Å²) in [4.78, 5) is 1.51. The molecule has 0 aliphatic carbocycles. The summed E-state index contributed by atoms with van der Waals surface area (Å²) in [6.07, 6.45) is 17.9. The molecule has 0 spiro atoms. The standard InChI is InChI=1S/C26H47BO2S/c1-7-9-11-13-14-16-18-22(17-15-12-10-8-2)21-23-19-20-24(30-23)27-28-25(3,4)26(5,6)29-27/h19-20,22H,7-18,21H2,1-6H3. The van der Waals surface area contributed by atoms with Gasteiger partial charge in [0.25, 0.3) is 0 Å². The lowest BCUT2D eigenvalue weighted by Crippen LogP contribution is -2.41. The number of rotatable bonds is 15. The minimum Gasteiger partial charge on any atom is -0.399 e. The Bertz CT molecular complexity index is 580. The molecule has 1 aromatic heterocycles. The molecule has 1 fully saturated rings. The molecule has 1 aliphatic rings. The van der Waals surface area contributed by atoms with E-state index in [1.165, 1.54) is 93.1 Å². The smallest absolute Gasteiger partial charge is 0.399 e. The number of unbranched alkanes of at least 4 members (excludes halogenated alkanes) is 8. The number of thiophene rings is 1. The maximum atomic E-state index is 6.26. The van der Waals surface area contributed by atoms with Crippen molar-refractivity contribution in [2.45, 2.75) is 136 Å². The van der Waals surface area contributed by atoms with E-state index in [1.54, 1.807) is 0 Å². The minimum absolute atomic E-state index is 0.213. The van der Waals surface area contributed by atoms with Crippen molar-refractivity contribution in [2.24, 2.45) is 5.92 Å². The normalized spacial score (nSPS) is 18.8. The van der Waals surface area contributed by atoms with Gasteiger partial charge in [-0.05, 0) is 46.1 Å². The third-order valence-corrected chi connectivity index (χ3v) is 8.22. The average Bonchev–Trinajstić information content (AvgIpc) is 3.23. The Morgan fingerprint density at radius 2 is 1.27 bits per heavy atom. The van der Waals surface area contributed by atoms with Crippen LogP contribution < -0.4 is 4.78 Å². The van der Waals surface area contributed by atoms with Crippen LogP contribution in [0.15, 0.2) is 12.1 Å². The highest BCUT2D eigenvalue weighted by Gasteiger charge is 2.52. The summed E-state index contributed by atoms with van der Waals surface area (Å²) in [5.41, 5.74) is -0.525. The summed E-state index contributed by atoms with van der Waals surface area (Å²) >= 11 is 1.90. The van der Waals surface area contributed by atoms with Crippen LogP contribution in [0.1, 0.15) is 123 Å². The third-order valence-electron chi connectivity index (χ3n) is 7.09. The maximum absolute atomic E-state index is 6.26. The van der Waals surface area contributed by atoms with Crippen molar-refractivity contribution < 1.29 is 9.31 Å². The molecule has 0 radical (unpaired) electrons. The van der Waals surface area contributed by atoms with Gasteiger partial charge in [-0.2, -0.15) is 0 Å².